The Kier molecular flexibility index (Phi) is 5.54. The molecular formula is C20H28N6O3S. The summed E-state index contributed by atoms with van der Waals surface area (Å²) >= 11 is 0. The maximum absolute atomic E-state index is 13.1. The molecule has 3 heterocycles. The van der Waals surface area contributed by atoms with E-state index in [0.29, 0.717) is 19.0 Å². The third-order valence-corrected chi connectivity index (χ3v) is 6.93. The Morgan fingerprint density at radius 3 is 2.90 bits per heavy atom. The summed E-state index contributed by atoms with van der Waals surface area (Å²) < 4.78 is 24.3. The van der Waals surface area contributed by atoms with E-state index in [1.807, 2.05) is 6.92 Å². The van der Waals surface area contributed by atoms with Gasteiger partial charge in [0.05, 0.1) is 18.5 Å². The lowest BCUT2D eigenvalue weighted by molar-refractivity contribution is 0.260. The van der Waals surface area contributed by atoms with Crippen LogP contribution >= 0.6 is 0 Å². The maximum atomic E-state index is 13.1. The van der Waals surface area contributed by atoms with Crippen molar-refractivity contribution in [1.29, 1.82) is 0 Å². The molecule has 162 valence electrons. The van der Waals surface area contributed by atoms with Gasteiger partial charge in [-0.15, -0.1) is 4.36 Å². The summed E-state index contributed by atoms with van der Waals surface area (Å²) in [6.07, 6.45) is 5.89. The molecule has 10 heteroatoms. The first-order chi connectivity index (χ1) is 14.3. The maximum Gasteiger partial charge on any atom is 0.354 e. The van der Waals surface area contributed by atoms with Gasteiger partial charge < -0.3 is 10.1 Å². The number of carbonyl (C=O) groups excluding carboxylic acids is 1. The number of ether oxygens (including phenoxy) is 1. The number of hydrogen-bond acceptors (Lipinski definition) is 5. The monoisotopic (exact) mass is 432 g/mol. The van der Waals surface area contributed by atoms with E-state index in [0.717, 1.165) is 60.3 Å². The minimum Gasteiger partial charge on any atom is -0.477 e. The van der Waals surface area contributed by atoms with E-state index < -0.39 is 15.9 Å². The molecule has 0 aromatic carbocycles. The highest BCUT2D eigenvalue weighted by Crippen LogP contribution is 2.35. The summed E-state index contributed by atoms with van der Waals surface area (Å²) in [5.74, 6) is 0.557. The largest absolute Gasteiger partial charge is 0.477 e. The summed E-state index contributed by atoms with van der Waals surface area (Å²) in [6, 6.07) is -0.742. The van der Waals surface area contributed by atoms with E-state index in [1.165, 1.54) is 6.20 Å². The second-order valence-electron chi connectivity index (χ2n) is 8.11. The summed E-state index contributed by atoms with van der Waals surface area (Å²) in [7, 11) is -3.51. The average molecular weight is 433 g/mol. The fourth-order valence-corrected chi connectivity index (χ4v) is 5.14. The van der Waals surface area contributed by atoms with Crippen molar-refractivity contribution in [2.45, 2.75) is 70.2 Å². The zero-order valence-electron chi connectivity index (χ0n) is 17.6. The molecule has 0 radical (unpaired) electrons. The number of hydrogen-bond donors (Lipinski definition) is 2. The lowest BCUT2D eigenvalue weighted by Crippen LogP contribution is -2.20. The highest BCUT2D eigenvalue weighted by Gasteiger charge is 2.26. The zero-order chi connectivity index (χ0) is 21.5. The normalized spacial score (nSPS) is 17.5. The van der Waals surface area contributed by atoms with Gasteiger partial charge in [0.2, 0.25) is 5.88 Å². The summed E-state index contributed by atoms with van der Waals surface area (Å²) in [5, 5.41) is 13.0. The Morgan fingerprint density at radius 2 is 2.13 bits per heavy atom. The fourth-order valence-electron chi connectivity index (χ4n) is 4.13. The van der Waals surface area contributed by atoms with E-state index in [-0.39, 0.29) is 10.8 Å². The van der Waals surface area contributed by atoms with Crippen molar-refractivity contribution in [3.05, 3.63) is 28.7 Å². The van der Waals surface area contributed by atoms with E-state index in [9.17, 15) is 9.00 Å². The smallest absolute Gasteiger partial charge is 0.354 e. The predicted molar refractivity (Wildman–Crippen MR) is 114 cm³/mol. The molecule has 0 saturated carbocycles. The molecule has 2 aliphatic rings. The van der Waals surface area contributed by atoms with Crippen LogP contribution in [0.2, 0.25) is 0 Å². The van der Waals surface area contributed by atoms with E-state index in [4.69, 9.17) is 14.9 Å². The summed E-state index contributed by atoms with van der Waals surface area (Å²) in [6.45, 7) is 7.23. The lowest BCUT2D eigenvalue weighted by Gasteiger charge is -2.18. The van der Waals surface area contributed by atoms with Crippen molar-refractivity contribution < 1.29 is 13.7 Å². The summed E-state index contributed by atoms with van der Waals surface area (Å²) in [5.41, 5.74) is 4.64. The molecule has 1 atom stereocenters. The number of nitrogens with one attached hydrogen (secondary N) is 1. The van der Waals surface area contributed by atoms with Gasteiger partial charge in [-0.25, -0.2) is 18.8 Å². The molecule has 4 rings (SSSR count). The van der Waals surface area contributed by atoms with Gasteiger partial charge in [-0.05, 0) is 56.1 Å². The molecule has 1 aliphatic heterocycles. The second kappa shape index (κ2) is 7.99. The molecule has 9 nitrogen and oxygen atoms in total. The molecule has 0 spiro atoms. The number of amides is 2. The average Bonchev–Trinajstić information content (AvgIpc) is 3.25. The van der Waals surface area contributed by atoms with Crippen LogP contribution in [0.3, 0.4) is 0 Å². The van der Waals surface area contributed by atoms with Gasteiger partial charge in [-0.2, -0.15) is 5.10 Å². The number of nitrogens with zero attached hydrogens (tertiary/aromatic N) is 4. The predicted octanol–water partition coefficient (Wildman–Crippen LogP) is 3.30. The highest BCUT2D eigenvalue weighted by atomic mass is 32.2. The van der Waals surface area contributed by atoms with Crippen LogP contribution in [0.25, 0.3) is 0 Å². The minimum absolute atomic E-state index is 0.152. The Labute approximate surface area is 176 Å². The van der Waals surface area contributed by atoms with Gasteiger partial charge in [0, 0.05) is 17.9 Å². The van der Waals surface area contributed by atoms with Crippen LogP contribution in [0.4, 0.5) is 10.5 Å². The van der Waals surface area contributed by atoms with Crippen LogP contribution in [-0.2, 0) is 29.3 Å². The third kappa shape index (κ3) is 3.81. The molecular weight excluding hydrogens is 404 g/mol. The quantitative estimate of drug-likeness (QED) is 0.770. The molecule has 0 saturated heterocycles. The third-order valence-electron chi connectivity index (χ3n) is 5.58. The Balaban J connectivity index is 1.68. The van der Waals surface area contributed by atoms with Gasteiger partial charge >= 0.3 is 6.03 Å². The summed E-state index contributed by atoms with van der Waals surface area (Å²) in [4.78, 5) is 17.7. The van der Waals surface area contributed by atoms with Crippen LogP contribution in [0.1, 0.15) is 61.5 Å². The van der Waals surface area contributed by atoms with Crippen LogP contribution in [0.5, 0.6) is 5.88 Å². The van der Waals surface area contributed by atoms with Gasteiger partial charge in [0.1, 0.15) is 4.90 Å². The van der Waals surface area contributed by atoms with E-state index in [2.05, 4.69) is 28.6 Å². The molecule has 2 aromatic rings. The van der Waals surface area contributed by atoms with Gasteiger partial charge in [0.15, 0.2) is 9.92 Å². The van der Waals surface area contributed by atoms with Crippen LogP contribution in [0, 0.1) is 6.92 Å². The van der Waals surface area contributed by atoms with Gasteiger partial charge in [-0.3, -0.25) is 4.98 Å². The fraction of sp³-hybridized carbons (Fsp3) is 0.550. The van der Waals surface area contributed by atoms with Gasteiger partial charge in [0.25, 0.3) is 0 Å². The number of nitrogens with two attached hydrogens (primary N) is 1. The first-order valence-corrected chi connectivity index (χ1v) is 11.9. The number of pyridine rings is 1. The first-order valence-electron chi connectivity index (χ1n) is 10.3. The van der Waals surface area contributed by atoms with Crippen LogP contribution in [-0.4, -0.2) is 31.6 Å². The van der Waals surface area contributed by atoms with E-state index in [1.54, 1.807) is 4.68 Å². The van der Waals surface area contributed by atoms with Crippen molar-refractivity contribution in [3.8, 4) is 5.88 Å². The molecule has 30 heavy (non-hydrogen) atoms. The number of aromatic nitrogens is 3. The standard InChI is InChI=1S/C20H28N6O3S/c1-12(2)17-13(3)18(14-7-6-8-15(14)23-17)24-20(27)25-30(21,28)16-11-22-26-9-4-5-10-29-19(16)26/h11-12H,4-10H2,1-3H3,(H3,21,23,24,25,27,28). The number of aryl methyl sites for hydroxylation is 2. The number of rotatable bonds is 3. The SMILES string of the molecule is Cc1c(C(C)C)nc2c(c1NC(=O)N=S(N)(=O)c1cnn3c1OCCCC3)CCC2. The van der Waals surface area contributed by atoms with Crippen molar-refractivity contribution in [1.82, 2.24) is 14.8 Å². The zero-order valence-corrected chi connectivity index (χ0v) is 18.4. The molecule has 1 unspecified atom stereocenters. The minimum atomic E-state index is -3.51. The van der Waals surface area contributed by atoms with Gasteiger partial charge in [-0.1, -0.05) is 13.8 Å². The van der Waals surface area contributed by atoms with E-state index >= 15 is 0 Å². The molecule has 2 aromatic heterocycles. The highest BCUT2D eigenvalue weighted by molar-refractivity contribution is 7.91. The van der Waals surface area contributed by atoms with Crippen molar-refractivity contribution in [2.24, 2.45) is 9.50 Å². The lowest BCUT2D eigenvalue weighted by atomic mass is 9.99. The number of urea groups is 1. The Bertz CT molecular complexity index is 1110. The second-order valence-corrected chi connectivity index (χ2v) is 9.87. The number of fused-ring (bicyclic) bond motifs is 2. The topological polar surface area (TPSA) is 124 Å². The number of carbonyl (C=O) groups is 1. The molecule has 1 aliphatic carbocycles. The first kappa shape index (κ1) is 20.8. The molecule has 3 N–H and O–H groups in total. The Morgan fingerprint density at radius 1 is 1.33 bits per heavy atom. The Hall–Kier alpha value is -2.46. The van der Waals surface area contributed by atoms with Crippen molar-refractivity contribution in [3.63, 3.8) is 0 Å². The van der Waals surface area contributed by atoms with Crippen molar-refractivity contribution >= 4 is 21.6 Å². The number of anilines is 1. The van der Waals surface area contributed by atoms with Crippen LogP contribution in [0.15, 0.2) is 15.5 Å². The molecule has 0 fully saturated rings. The van der Waals surface area contributed by atoms with Crippen LogP contribution < -0.4 is 15.2 Å². The molecule has 2 amide bonds. The molecule has 0 bridgehead atoms. The van der Waals surface area contributed by atoms with Crippen molar-refractivity contribution in [2.75, 3.05) is 11.9 Å².